The third-order valence-corrected chi connectivity index (χ3v) is 5.92. The number of phenols is 1. The number of rotatable bonds is 11. The molecule has 1 unspecified atom stereocenters. The molecule has 3 aromatic carbocycles. The van der Waals surface area contributed by atoms with E-state index in [1.807, 2.05) is 74.5 Å². The number of allylic oxidation sites excluding steroid dienone is 1. The van der Waals surface area contributed by atoms with Crippen molar-refractivity contribution >= 4 is 11.6 Å². The van der Waals surface area contributed by atoms with E-state index in [4.69, 9.17) is 4.74 Å². The van der Waals surface area contributed by atoms with E-state index in [1.54, 1.807) is 6.08 Å². The Hall–Kier alpha value is -3.60. The van der Waals surface area contributed by atoms with Crippen LogP contribution in [0.5, 0.6) is 11.5 Å². The number of para-hydroxylation sites is 1. The van der Waals surface area contributed by atoms with Crippen molar-refractivity contribution in [2.24, 2.45) is 0 Å². The minimum atomic E-state index is -0.801. The molecule has 3 rings (SSSR count). The second-order valence-corrected chi connectivity index (χ2v) is 8.64. The molecule has 0 saturated carbocycles. The van der Waals surface area contributed by atoms with Crippen LogP contribution in [0.1, 0.15) is 35.1 Å². The first kappa shape index (κ1) is 26.0. The smallest absolute Gasteiger partial charge is 0.121 e. The highest BCUT2D eigenvalue weighted by atomic mass is 16.5. The predicted octanol–water partition coefficient (Wildman–Crippen LogP) is 6.24. The van der Waals surface area contributed by atoms with E-state index < -0.39 is 6.10 Å². The molecule has 0 aliphatic carbocycles. The molecular formula is C31H34O4. The lowest BCUT2D eigenvalue weighted by Gasteiger charge is -2.19. The van der Waals surface area contributed by atoms with Gasteiger partial charge in [-0.1, -0.05) is 67.3 Å². The topological polar surface area (TPSA) is 69.9 Å². The minimum absolute atomic E-state index is 0.190. The van der Waals surface area contributed by atoms with Gasteiger partial charge in [-0.15, -0.1) is 0 Å². The molecule has 3 N–H and O–H groups in total. The van der Waals surface area contributed by atoms with Crippen LogP contribution >= 0.6 is 0 Å². The van der Waals surface area contributed by atoms with Crippen LogP contribution < -0.4 is 4.74 Å². The molecule has 4 heteroatoms. The van der Waals surface area contributed by atoms with Crippen LogP contribution in [0.15, 0.2) is 96.6 Å². The fraction of sp³-hybridized carbons (Fsp3) is 0.226. The zero-order valence-electron chi connectivity index (χ0n) is 20.4. The molecule has 0 amide bonds. The highest BCUT2D eigenvalue weighted by Gasteiger charge is 2.16. The lowest BCUT2D eigenvalue weighted by Crippen LogP contribution is -2.16. The predicted molar refractivity (Wildman–Crippen MR) is 143 cm³/mol. The summed E-state index contributed by atoms with van der Waals surface area (Å²) in [6.45, 7) is 7.90. The molecule has 0 spiro atoms. The maximum absolute atomic E-state index is 11.0. The van der Waals surface area contributed by atoms with Gasteiger partial charge in [0.25, 0.3) is 0 Å². The van der Waals surface area contributed by atoms with Crippen molar-refractivity contribution in [3.63, 3.8) is 0 Å². The monoisotopic (exact) mass is 470 g/mol. The fourth-order valence-corrected chi connectivity index (χ4v) is 4.06. The van der Waals surface area contributed by atoms with Gasteiger partial charge in [0.05, 0.1) is 12.7 Å². The second-order valence-electron chi connectivity index (χ2n) is 8.64. The number of benzene rings is 3. The van der Waals surface area contributed by atoms with Gasteiger partial charge < -0.3 is 20.1 Å². The standard InChI is InChI=1S/C31H34O4/c1-22-18-25(19-23(2)31(22)34)20-27(26-10-6-4-7-11-26)14-15-30(33)29(16-17-32)24(3)21-35-28-12-8-5-9-13-28/h4-13,16,18-20,30,32-34H,3,14-15,17,21H2,1-2H3/b27-20-,29-16-. The summed E-state index contributed by atoms with van der Waals surface area (Å²) in [7, 11) is 0. The molecule has 0 fully saturated rings. The van der Waals surface area contributed by atoms with Gasteiger partial charge in [-0.3, -0.25) is 0 Å². The zero-order chi connectivity index (χ0) is 25.2. The summed E-state index contributed by atoms with van der Waals surface area (Å²) >= 11 is 0. The Balaban J connectivity index is 1.77. The van der Waals surface area contributed by atoms with E-state index in [0.717, 1.165) is 33.6 Å². The Kier molecular flexibility index (Phi) is 9.47. The van der Waals surface area contributed by atoms with E-state index in [0.29, 0.717) is 29.7 Å². The number of hydrogen-bond acceptors (Lipinski definition) is 4. The molecule has 0 heterocycles. The Morgan fingerprint density at radius 2 is 1.57 bits per heavy atom. The molecule has 0 aliphatic rings. The van der Waals surface area contributed by atoms with E-state index >= 15 is 0 Å². The van der Waals surface area contributed by atoms with Crippen molar-refractivity contribution in [1.82, 2.24) is 0 Å². The Bertz CT molecular complexity index is 1150. The average molecular weight is 471 g/mol. The average Bonchev–Trinajstić information content (AvgIpc) is 2.87. The minimum Gasteiger partial charge on any atom is -0.507 e. The number of aromatic hydroxyl groups is 1. The highest BCUT2D eigenvalue weighted by molar-refractivity contribution is 5.82. The summed E-state index contributed by atoms with van der Waals surface area (Å²) in [5.41, 5.74) is 6.01. The summed E-state index contributed by atoms with van der Waals surface area (Å²) in [5, 5.41) is 30.7. The first-order valence-electron chi connectivity index (χ1n) is 11.8. The van der Waals surface area contributed by atoms with Crippen LogP contribution in [0.2, 0.25) is 0 Å². The maximum Gasteiger partial charge on any atom is 0.121 e. The maximum atomic E-state index is 11.0. The molecule has 182 valence electrons. The quantitative estimate of drug-likeness (QED) is 0.229. The Morgan fingerprint density at radius 1 is 0.971 bits per heavy atom. The zero-order valence-corrected chi connectivity index (χ0v) is 20.4. The number of hydrogen-bond donors (Lipinski definition) is 3. The van der Waals surface area contributed by atoms with Crippen LogP contribution in [-0.2, 0) is 0 Å². The third-order valence-electron chi connectivity index (χ3n) is 5.92. The van der Waals surface area contributed by atoms with Crippen LogP contribution in [0, 0.1) is 13.8 Å². The molecule has 35 heavy (non-hydrogen) atoms. The van der Waals surface area contributed by atoms with Crippen LogP contribution in [0.3, 0.4) is 0 Å². The van der Waals surface area contributed by atoms with Gasteiger partial charge in [0.15, 0.2) is 0 Å². The van der Waals surface area contributed by atoms with Gasteiger partial charge in [0.2, 0.25) is 0 Å². The summed E-state index contributed by atoms with van der Waals surface area (Å²) < 4.78 is 5.79. The van der Waals surface area contributed by atoms with E-state index in [9.17, 15) is 15.3 Å². The van der Waals surface area contributed by atoms with E-state index in [1.165, 1.54) is 0 Å². The molecule has 0 aliphatic heterocycles. The molecule has 0 saturated heterocycles. The number of aryl methyl sites for hydroxylation is 2. The number of phenolic OH excluding ortho intramolecular Hbond substituents is 1. The van der Waals surface area contributed by atoms with Gasteiger partial charge in [0.1, 0.15) is 18.1 Å². The largest absolute Gasteiger partial charge is 0.507 e. The Labute approximate surface area is 208 Å². The lowest BCUT2D eigenvalue weighted by atomic mass is 9.92. The van der Waals surface area contributed by atoms with Crippen LogP contribution in [0.25, 0.3) is 11.6 Å². The SMILES string of the molecule is C=C(COc1ccccc1)/C(=C/CO)C(O)CC/C(=C/c1cc(C)c(O)c(C)c1)c1ccccc1. The molecular weight excluding hydrogens is 436 g/mol. The highest BCUT2D eigenvalue weighted by Crippen LogP contribution is 2.29. The van der Waals surface area contributed by atoms with E-state index in [2.05, 4.69) is 24.8 Å². The molecule has 1 atom stereocenters. The normalized spacial score (nSPS) is 12.9. The van der Waals surface area contributed by atoms with Crippen LogP contribution in [-0.4, -0.2) is 34.6 Å². The lowest BCUT2D eigenvalue weighted by molar-refractivity contribution is 0.200. The molecule has 3 aromatic rings. The molecule has 4 nitrogen and oxygen atoms in total. The van der Waals surface area contributed by atoms with Crippen molar-refractivity contribution in [2.75, 3.05) is 13.2 Å². The van der Waals surface area contributed by atoms with Crippen molar-refractivity contribution < 1.29 is 20.1 Å². The summed E-state index contributed by atoms with van der Waals surface area (Å²) in [6, 6.07) is 23.4. The summed E-state index contributed by atoms with van der Waals surface area (Å²) in [4.78, 5) is 0. The third kappa shape index (κ3) is 7.44. The van der Waals surface area contributed by atoms with Crippen LogP contribution in [0.4, 0.5) is 0 Å². The summed E-state index contributed by atoms with van der Waals surface area (Å²) in [6.07, 6.45) is 3.96. The second kappa shape index (κ2) is 12.7. The van der Waals surface area contributed by atoms with Crippen molar-refractivity contribution in [3.8, 4) is 11.5 Å². The molecule has 0 aromatic heterocycles. The van der Waals surface area contributed by atoms with Gasteiger partial charge in [-0.05, 0) is 89.9 Å². The number of aliphatic hydroxyl groups is 2. The fourth-order valence-electron chi connectivity index (χ4n) is 4.06. The van der Waals surface area contributed by atoms with Crippen molar-refractivity contribution in [2.45, 2.75) is 32.8 Å². The van der Waals surface area contributed by atoms with Gasteiger partial charge in [0, 0.05) is 0 Å². The Morgan fingerprint density at radius 3 is 2.17 bits per heavy atom. The van der Waals surface area contributed by atoms with E-state index in [-0.39, 0.29) is 13.2 Å². The molecule has 0 bridgehead atoms. The number of aliphatic hydroxyl groups excluding tert-OH is 2. The van der Waals surface area contributed by atoms with Gasteiger partial charge in [-0.25, -0.2) is 0 Å². The van der Waals surface area contributed by atoms with Gasteiger partial charge >= 0.3 is 0 Å². The van der Waals surface area contributed by atoms with Crippen molar-refractivity contribution in [1.29, 1.82) is 0 Å². The first-order valence-corrected chi connectivity index (χ1v) is 11.8. The van der Waals surface area contributed by atoms with Crippen molar-refractivity contribution in [3.05, 3.63) is 119 Å². The number of ether oxygens (including phenoxy) is 1. The molecule has 0 radical (unpaired) electrons. The summed E-state index contributed by atoms with van der Waals surface area (Å²) in [5.74, 6) is 1.04. The first-order chi connectivity index (χ1) is 16.9. The van der Waals surface area contributed by atoms with Gasteiger partial charge in [-0.2, -0.15) is 0 Å².